The standard InChI is InChI=1S/C13H9ClN2OS/c14-8-12(17)16-9-4-1-2-5-10(9)18-11-6-3-7-15-13(11)16/h1-7H,8H2. The minimum atomic E-state index is -0.163. The number of hydrogen-bond acceptors (Lipinski definition) is 3. The maximum Gasteiger partial charge on any atom is 0.247 e. The second-order valence-electron chi connectivity index (χ2n) is 3.76. The third-order valence-corrected chi connectivity index (χ3v) is 3.98. The molecule has 0 aliphatic carbocycles. The summed E-state index contributed by atoms with van der Waals surface area (Å²) < 4.78 is 0. The van der Waals surface area contributed by atoms with Gasteiger partial charge in [0, 0.05) is 11.1 Å². The summed E-state index contributed by atoms with van der Waals surface area (Å²) in [5, 5.41) is 0. The molecule has 18 heavy (non-hydrogen) atoms. The number of rotatable bonds is 1. The van der Waals surface area contributed by atoms with E-state index in [1.807, 2.05) is 36.4 Å². The molecule has 0 fully saturated rings. The topological polar surface area (TPSA) is 33.2 Å². The Morgan fingerprint density at radius 2 is 2.00 bits per heavy atom. The molecule has 3 nitrogen and oxygen atoms in total. The Balaban J connectivity index is 2.20. The highest BCUT2D eigenvalue weighted by atomic mass is 35.5. The lowest BCUT2D eigenvalue weighted by Gasteiger charge is -2.29. The number of fused-ring (bicyclic) bond motifs is 2. The highest BCUT2D eigenvalue weighted by Crippen LogP contribution is 2.46. The number of anilines is 2. The molecule has 0 N–H and O–H groups in total. The largest absolute Gasteiger partial charge is 0.273 e. The van der Waals surface area contributed by atoms with E-state index in [0.717, 1.165) is 15.5 Å². The van der Waals surface area contributed by atoms with Crippen LogP contribution in [0.1, 0.15) is 0 Å². The Bertz CT molecular complexity index is 572. The van der Waals surface area contributed by atoms with E-state index < -0.39 is 0 Å². The van der Waals surface area contributed by atoms with Gasteiger partial charge in [-0.25, -0.2) is 4.98 Å². The molecule has 1 amide bonds. The van der Waals surface area contributed by atoms with Crippen molar-refractivity contribution in [2.75, 3.05) is 10.8 Å². The van der Waals surface area contributed by atoms with E-state index in [1.54, 1.807) is 22.9 Å². The van der Waals surface area contributed by atoms with E-state index >= 15 is 0 Å². The molecule has 5 heteroatoms. The van der Waals surface area contributed by atoms with Crippen LogP contribution in [0.4, 0.5) is 11.5 Å². The van der Waals surface area contributed by atoms with Crippen LogP contribution in [0.25, 0.3) is 0 Å². The van der Waals surface area contributed by atoms with Crippen LogP contribution in [0.2, 0.25) is 0 Å². The van der Waals surface area contributed by atoms with Crippen molar-refractivity contribution < 1.29 is 4.79 Å². The molecule has 0 atom stereocenters. The fourth-order valence-electron chi connectivity index (χ4n) is 1.90. The molecular weight excluding hydrogens is 268 g/mol. The second-order valence-corrected chi connectivity index (χ2v) is 5.11. The van der Waals surface area contributed by atoms with Gasteiger partial charge in [0.25, 0.3) is 0 Å². The fraction of sp³-hybridized carbons (Fsp3) is 0.0769. The van der Waals surface area contributed by atoms with E-state index in [9.17, 15) is 4.79 Å². The summed E-state index contributed by atoms with van der Waals surface area (Å²) in [6.07, 6.45) is 1.68. The Kier molecular flexibility index (Phi) is 2.97. The average molecular weight is 277 g/mol. The van der Waals surface area contributed by atoms with Crippen molar-refractivity contribution in [2.24, 2.45) is 0 Å². The third kappa shape index (κ3) is 1.78. The number of para-hydroxylation sites is 1. The molecule has 1 aromatic heterocycles. The predicted octanol–water partition coefficient (Wildman–Crippen LogP) is 3.45. The van der Waals surface area contributed by atoms with Crippen molar-refractivity contribution in [3.8, 4) is 0 Å². The number of halogens is 1. The van der Waals surface area contributed by atoms with Gasteiger partial charge in [-0.2, -0.15) is 0 Å². The molecule has 3 rings (SSSR count). The average Bonchev–Trinajstić information content (AvgIpc) is 2.44. The van der Waals surface area contributed by atoms with Gasteiger partial charge in [0.1, 0.15) is 5.88 Å². The summed E-state index contributed by atoms with van der Waals surface area (Å²) in [5.41, 5.74) is 0.847. The lowest BCUT2D eigenvalue weighted by molar-refractivity contribution is -0.115. The summed E-state index contributed by atoms with van der Waals surface area (Å²) >= 11 is 7.31. The van der Waals surface area contributed by atoms with Crippen LogP contribution in [0.5, 0.6) is 0 Å². The van der Waals surface area contributed by atoms with Crippen molar-refractivity contribution in [2.45, 2.75) is 9.79 Å². The molecule has 0 unspecified atom stereocenters. The number of carbonyl (C=O) groups is 1. The zero-order valence-corrected chi connectivity index (χ0v) is 10.9. The first-order chi connectivity index (χ1) is 8.81. The van der Waals surface area contributed by atoms with Crippen molar-refractivity contribution in [1.82, 2.24) is 4.98 Å². The predicted molar refractivity (Wildman–Crippen MR) is 72.7 cm³/mol. The molecule has 2 heterocycles. The molecule has 90 valence electrons. The van der Waals surface area contributed by atoms with Gasteiger partial charge in [-0.3, -0.25) is 9.69 Å². The molecule has 0 bridgehead atoms. The molecule has 0 saturated heterocycles. The number of aromatic nitrogens is 1. The Hall–Kier alpha value is -1.52. The first kappa shape index (κ1) is 11.6. The molecule has 1 aliphatic rings. The summed E-state index contributed by atoms with van der Waals surface area (Å²) in [6, 6.07) is 11.6. The van der Waals surface area contributed by atoms with Gasteiger partial charge in [-0.1, -0.05) is 23.9 Å². The summed E-state index contributed by atoms with van der Waals surface area (Å²) in [5.74, 6) is 0.436. The number of amides is 1. The van der Waals surface area contributed by atoms with Crippen molar-refractivity contribution in [3.63, 3.8) is 0 Å². The normalized spacial score (nSPS) is 12.8. The van der Waals surface area contributed by atoms with Gasteiger partial charge < -0.3 is 0 Å². The van der Waals surface area contributed by atoms with Gasteiger partial charge >= 0.3 is 0 Å². The molecule has 0 saturated carbocycles. The molecule has 2 aromatic rings. The zero-order valence-electron chi connectivity index (χ0n) is 9.34. The molecule has 1 aromatic carbocycles. The van der Waals surface area contributed by atoms with Crippen LogP contribution in [-0.2, 0) is 4.79 Å². The van der Waals surface area contributed by atoms with Crippen LogP contribution >= 0.6 is 23.4 Å². The number of nitrogens with zero attached hydrogens (tertiary/aromatic N) is 2. The Morgan fingerprint density at radius 3 is 2.83 bits per heavy atom. The van der Waals surface area contributed by atoms with Gasteiger partial charge in [-0.05, 0) is 24.3 Å². The maximum atomic E-state index is 12.0. The van der Waals surface area contributed by atoms with E-state index in [2.05, 4.69) is 4.98 Å². The van der Waals surface area contributed by atoms with E-state index in [0.29, 0.717) is 5.82 Å². The van der Waals surface area contributed by atoms with Crippen LogP contribution < -0.4 is 4.90 Å². The van der Waals surface area contributed by atoms with E-state index in [1.165, 1.54) is 0 Å². The fourth-order valence-corrected chi connectivity index (χ4v) is 3.05. The molecule has 0 spiro atoms. The highest BCUT2D eigenvalue weighted by Gasteiger charge is 2.28. The third-order valence-electron chi connectivity index (χ3n) is 2.65. The first-order valence-electron chi connectivity index (χ1n) is 5.42. The van der Waals surface area contributed by atoms with Crippen molar-refractivity contribution in [1.29, 1.82) is 0 Å². The second kappa shape index (κ2) is 4.63. The van der Waals surface area contributed by atoms with Crippen molar-refractivity contribution in [3.05, 3.63) is 42.6 Å². The van der Waals surface area contributed by atoms with Crippen molar-refractivity contribution >= 4 is 40.8 Å². The quantitative estimate of drug-likeness (QED) is 0.748. The summed E-state index contributed by atoms with van der Waals surface area (Å²) in [6.45, 7) is 0. The molecule has 1 aliphatic heterocycles. The van der Waals surface area contributed by atoms with Gasteiger partial charge in [-0.15, -0.1) is 11.6 Å². The number of benzene rings is 1. The maximum absolute atomic E-state index is 12.0. The van der Waals surface area contributed by atoms with E-state index in [-0.39, 0.29) is 11.8 Å². The van der Waals surface area contributed by atoms with Crippen LogP contribution in [0.15, 0.2) is 52.4 Å². The summed E-state index contributed by atoms with van der Waals surface area (Å²) in [7, 11) is 0. The monoisotopic (exact) mass is 276 g/mol. The van der Waals surface area contributed by atoms with E-state index in [4.69, 9.17) is 11.6 Å². The first-order valence-corrected chi connectivity index (χ1v) is 6.77. The number of carbonyl (C=O) groups excluding carboxylic acids is 1. The molecule has 0 radical (unpaired) electrons. The zero-order chi connectivity index (χ0) is 12.5. The van der Waals surface area contributed by atoms with Gasteiger partial charge in [0.05, 0.1) is 10.6 Å². The minimum Gasteiger partial charge on any atom is -0.273 e. The highest BCUT2D eigenvalue weighted by molar-refractivity contribution is 7.99. The molecular formula is C13H9ClN2OS. The lowest BCUT2D eigenvalue weighted by atomic mass is 10.2. The summed E-state index contributed by atoms with van der Waals surface area (Å²) in [4.78, 5) is 19.9. The minimum absolute atomic E-state index is 0.0605. The van der Waals surface area contributed by atoms with Crippen LogP contribution in [0.3, 0.4) is 0 Å². The number of alkyl halides is 1. The smallest absolute Gasteiger partial charge is 0.247 e. The lowest BCUT2D eigenvalue weighted by Crippen LogP contribution is -2.30. The number of pyridine rings is 1. The van der Waals surface area contributed by atoms with Gasteiger partial charge in [0.2, 0.25) is 5.91 Å². The number of hydrogen-bond donors (Lipinski definition) is 0. The SMILES string of the molecule is O=C(CCl)N1c2ccccc2Sc2cccnc21. The Morgan fingerprint density at radius 1 is 1.22 bits per heavy atom. The van der Waals surface area contributed by atoms with Crippen LogP contribution in [-0.4, -0.2) is 16.8 Å². The van der Waals surface area contributed by atoms with Crippen LogP contribution in [0, 0.1) is 0 Å². The Labute approximate surface area is 114 Å². The van der Waals surface area contributed by atoms with Gasteiger partial charge in [0.15, 0.2) is 5.82 Å².